The van der Waals surface area contributed by atoms with Crippen LogP contribution < -0.4 is 10.9 Å². The number of aromatic nitrogens is 2. The van der Waals surface area contributed by atoms with E-state index >= 15 is 0 Å². The average Bonchev–Trinajstić information content (AvgIpc) is 2.70. The van der Waals surface area contributed by atoms with E-state index in [2.05, 4.69) is 9.97 Å². The molecule has 0 spiro atoms. The second kappa shape index (κ2) is 7.59. The number of halogens is 4. The smallest absolute Gasteiger partial charge is 0.342 e. The van der Waals surface area contributed by atoms with Gasteiger partial charge in [-0.05, 0) is 43.7 Å². The Morgan fingerprint density at radius 1 is 1.30 bits per heavy atom. The summed E-state index contributed by atoms with van der Waals surface area (Å²) in [5, 5.41) is 10.4. The molecule has 2 N–H and O–H groups in total. The van der Waals surface area contributed by atoms with E-state index in [-0.39, 0.29) is 16.8 Å². The summed E-state index contributed by atoms with van der Waals surface area (Å²) in [6.45, 7) is 2.38. The molecule has 30 heavy (non-hydrogen) atoms. The molecule has 1 aromatic carbocycles. The molecule has 0 aliphatic carbocycles. The van der Waals surface area contributed by atoms with Gasteiger partial charge in [-0.3, -0.25) is 14.6 Å². The number of nitrogens with one attached hydrogen (secondary N) is 2. The maximum Gasteiger partial charge on any atom is 0.355 e. The molecule has 6 nitrogen and oxygen atoms in total. The number of carbonyl (C=O) groups excluding carboxylic acids is 1. The lowest BCUT2D eigenvalue weighted by atomic mass is 9.98. The van der Waals surface area contributed by atoms with Gasteiger partial charge < -0.3 is 10.3 Å². The number of hydrogen-bond acceptors (Lipinski definition) is 4. The van der Waals surface area contributed by atoms with Gasteiger partial charge in [-0.2, -0.15) is 14.0 Å². The molecule has 154 valence electrons. The summed E-state index contributed by atoms with van der Waals surface area (Å²) >= 11 is 0. The molecular formula is C20H14F4N4O2. The van der Waals surface area contributed by atoms with Gasteiger partial charge in [-0.25, -0.2) is 8.78 Å². The molecule has 0 saturated carbocycles. The number of aryl methyl sites for hydroxylation is 1. The number of nitrogens with zero attached hydrogens (tertiary/aromatic N) is 2. The van der Waals surface area contributed by atoms with Gasteiger partial charge in [0.25, 0.3) is 11.5 Å². The van der Waals surface area contributed by atoms with Gasteiger partial charge in [0.15, 0.2) is 11.6 Å². The van der Waals surface area contributed by atoms with E-state index in [0.717, 1.165) is 19.1 Å². The van der Waals surface area contributed by atoms with Gasteiger partial charge in [0.1, 0.15) is 0 Å². The standard InChI is InChI=1S/C20H14F4N4O2/c1-9-15-13(4-3-12(21)17(15)22)28-18(29)16(9)20(23,24)19(30)27-10(2)14-7-11(8-25)5-6-26-14/h3-7,10H,1-2H3,(H,27,30)(H,28,29)/t10-/m0/s1. The highest BCUT2D eigenvalue weighted by Gasteiger charge is 2.45. The first-order chi connectivity index (χ1) is 14.1. The zero-order chi connectivity index (χ0) is 22.2. The van der Waals surface area contributed by atoms with Crippen LogP contribution in [0.25, 0.3) is 10.9 Å². The van der Waals surface area contributed by atoms with E-state index < -0.39 is 51.6 Å². The van der Waals surface area contributed by atoms with Crippen molar-refractivity contribution in [1.29, 1.82) is 5.26 Å². The maximum atomic E-state index is 14.9. The first kappa shape index (κ1) is 21.0. The van der Waals surface area contributed by atoms with Gasteiger partial charge in [-0.15, -0.1) is 0 Å². The lowest BCUT2D eigenvalue weighted by Crippen LogP contribution is -2.43. The van der Waals surface area contributed by atoms with Crippen molar-refractivity contribution in [1.82, 2.24) is 15.3 Å². The highest BCUT2D eigenvalue weighted by atomic mass is 19.3. The van der Waals surface area contributed by atoms with Crippen molar-refractivity contribution in [2.24, 2.45) is 0 Å². The molecule has 0 saturated heterocycles. The number of carbonyl (C=O) groups is 1. The van der Waals surface area contributed by atoms with Crippen LogP contribution in [0.2, 0.25) is 0 Å². The normalized spacial score (nSPS) is 12.4. The zero-order valence-electron chi connectivity index (χ0n) is 15.7. The number of rotatable bonds is 4. The molecule has 0 aliphatic rings. The fraction of sp³-hybridized carbons (Fsp3) is 0.200. The number of aromatic amines is 1. The first-order valence-corrected chi connectivity index (χ1v) is 8.63. The Labute approximate surface area is 167 Å². The fourth-order valence-corrected chi connectivity index (χ4v) is 3.11. The number of amides is 1. The van der Waals surface area contributed by atoms with E-state index in [1.165, 1.54) is 25.3 Å². The molecule has 2 aromatic heterocycles. The summed E-state index contributed by atoms with van der Waals surface area (Å²) in [4.78, 5) is 30.6. The number of H-pyrrole nitrogens is 1. The number of pyridine rings is 2. The molecule has 0 fully saturated rings. The third-order valence-corrected chi connectivity index (χ3v) is 4.62. The van der Waals surface area contributed by atoms with Crippen LogP contribution in [-0.2, 0) is 10.7 Å². The first-order valence-electron chi connectivity index (χ1n) is 8.63. The number of alkyl halides is 2. The molecule has 0 bridgehead atoms. The van der Waals surface area contributed by atoms with Gasteiger partial charge in [-0.1, -0.05) is 0 Å². The molecule has 0 radical (unpaired) electrons. The van der Waals surface area contributed by atoms with Gasteiger partial charge in [0.2, 0.25) is 0 Å². The van der Waals surface area contributed by atoms with Gasteiger partial charge >= 0.3 is 5.92 Å². The Morgan fingerprint density at radius 3 is 2.67 bits per heavy atom. The third-order valence-electron chi connectivity index (χ3n) is 4.62. The largest absolute Gasteiger partial charge is 0.355 e. The van der Waals surface area contributed by atoms with Crippen molar-refractivity contribution >= 4 is 16.8 Å². The highest BCUT2D eigenvalue weighted by molar-refractivity contribution is 5.89. The lowest BCUT2D eigenvalue weighted by Gasteiger charge is -2.21. The van der Waals surface area contributed by atoms with Crippen molar-refractivity contribution in [2.45, 2.75) is 25.8 Å². The molecule has 0 unspecified atom stereocenters. The second-order valence-electron chi connectivity index (χ2n) is 6.59. The average molecular weight is 418 g/mol. The minimum atomic E-state index is -4.36. The molecule has 2 heterocycles. The Bertz CT molecular complexity index is 1260. The molecule has 3 rings (SSSR count). The van der Waals surface area contributed by atoms with Crippen LogP contribution in [0.5, 0.6) is 0 Å². The van der Waals surface area contributed by atoms with E-state index in [1.807, 2.05) is 11.4 Å². The SMILES string of the molecule is Cc1c(C(F)(F)C(=O)N[C@@H](C)c2cc(C#N)ccn2)c(=O)[nH]c2ccc(F)c(F)c12. The number of hydrogen-bond donors (Lipinski definition) is 2. The quantitative estimate of drug-likeness (QED) is 0.635. The fourth-order valence-electron chi connectivity index (χ4n) is 3.11. The van der Waals surface area contributed by atoms with Crippen LogP contribution in [0.1, 0.15) is 35.3 Å². The predicted octanol–water partition coefficient (Wildman–Crippen LogP) is 3.35. The number of nitriles is 1. The summed E-state index contributed by atoms with van der Waals surface area (Å²) < 4.78 is 57.6. The van der Waals surface area contributed by atoms with Gasteiger partial charge in [0, 0.05) is 11.6 Å². The Morgan fingerprint density at radius 2 is 2.00 bits per heavy atom. The van der Waals surface area contributed by atoms with Crippen molar-refractivity contribution in [3.8, 4) is 6.07 Å². The molecule has 3 aromatic rings. The Balaban J connectivity index is 2.03. The molecule has 0 aliphatic heterocycles. The van der Waals surface area contributed by atoms with Crippen LogP contribution in [-0.4, -0.2) is 15.9 Å². The molecule has 1 amide bonds. The van der Waals surface area contributed by atoms with Crippen LogP contribution in [0.3, 0.4) is 0 Å². The topological polar surface area (TPSA) is 98.6 Å². The third kappa shape index (κ3) is 3.50. The maximum absolute atomic E-state index is 14.9. The zero-order valence-corrected chi connectivity index (χ0v) is 15.7. The van der Waals surface area contributed by atoms with Crippen molar-refractivity contribution in [3.63, 3.8) is 0 Å². The van der Waals surface area contributed by atoms with Crippen LogP contribution in [0.15, 0.2) is 35.3 Å². The summed E-state index contributed by atoms with van der Waals surface area (Å²) in [6, 6.07) is 5.35. The minimum absolute atomic E-state index is 0.149. The lowest BCUT2D eigenvalue weighted by molar-refractivity contribution is -0.148. The Kier molecular flexibility index (Phi) is 5.31. The molecule has 1 atom stereocenters. The Hall–Kier alpha value is -3.74. The predicted molar refractivity (Wildman–Crippen MR) is 98.6 cm³/mol. The van der Waals surface area contributed by atoms with Gasteiger partial charge in [0.05, 0.1) is 34.4 Å². The van der Waals surface area contributed by atoms with Crippen LogP contribution in [0, 0.1) is 29.9 Å². The van der Waals surface area contributed by atoms with E-state index in [1.54, 1.807) is 0 Å². The number of fused-ring (bicyclic) bond motifs is 1. The highest BCUT2D eigenvalue weighted by Crippen LogP contribution is 2.33. The molecule has 10 heteroatoms. The van der Waals surface area contributed by atoms with E-state index in [4.69, 9.17) is 5.26 Å². The van der Waals surface area contributed by atoms with Crippen LogP contribution >= 0.6 is 0 Å². The summed E-state index contributed by atoms with van der Waals surface area (Å²) in [5.41, 5.74) is -2.96. The van der Waals surface area contributed by atoms with Crippen molar-refractivity contribution < 1.29 is 22.4 Å². The summed E-state index contributed by atoms with van der Waals surface area (Å²) in [7, 11) is 0. The van der Waals surface area contributed by atoms with Crippen molar-refractivity contribution in [2.75, 3.05) is 0 Å². The molecular weight excluding hydrogens is 404 g/mol. The minimum Gasteiger partial charge on any atom is -0.342 e. The van der Waals surface area contributed by atoms with E-state index in [0.29, 0.717) is 0 Å². The number of benzene rings is 1. The monoisotopic (exact) mass is 418 g/mol. The summed E-state index contributed by atoms with van der Waals surface area (Å²) in [5.74, 6) is -8.88. The van der Waals surface area contributed by atoms with Crippen LogP contribution in [0.4, 0.5) is 17.6 Å². The second-order valence-corrected chi connectivity index (χ2v) is 6.59. The van der Waals surface area contributed by atoms with E-state index in [9.17, 15) is 27.2 Å². The van der Waals surface area contributed by atoms with Crippen molar-refractivity contribution in [3.05, 3.63) is 74.8 Å². The summed E-state index contributed by atoms with van der Waals surface area (Å²) in [6.07, 6.45) is 1.28.